The predicted molar refractivity (Wildman–Crippen MR) is 118 cm³/mol. The number of halogens is 3. The molecule has 0 bridgehead atoms. The average molecular weight is 464 g/mol. The number of aryl methyl sites for hydroxylation is 1. The molecular formula is C23H27F3N4O3. The zero-order valence-corrected chi connectivity index (χ0v) is 18.4. The minimum absolute atomic E-state index is 0.242. The van der Waals surface area contributed by atoms with Crippen molar-refractivity contribution in [2.75, 3.05) is 44.8 Å². The molecule has 2 N–H and O–H groups in total. The van der Waals surface area contributed by atoms with Crippen molar-refractivity contribution in [2.45, 2.75) is 32.4 Å². The Bertz CT molecular complexity index is 1030. The summed E-state index contributed by atoms with van der Waals surface area (Å²) in [7, 11) is 0. The van der Waals surface area contributed by atoms with E-state index in [4.69, 9.17) is 9.15 Å². The van der Waals surface area contributed by atoms with Gasteiger partial charge in [-0.05, 0) is 38.0 Å². The number of benzene rings is 1. The van der Waals surface area contributed by atoms with Crippen molar-refractivity contribution in [1.29, 1.82) is 0 Å². The summed E-state index contributed by atoms with van der Waals surface area (Å²) >= 11 is 0. The molecule has 4 rings (SSSR count). The molecule has 0 radical (unpaired) electrons. The number of rotatable bonds is 6. The highest BCUT2D eigenvalue weighted by Gasteiger charge is 2.31. The minimum atomic E-state index is -4.42. The smallest absolute Gasteiger partial charge is 0.416 e. The van der Waals surface area contributed by atoms with Crippen LogP contribution < -0.4 is 10.7 Å². The van der Waals surface area contributed by atoms with Gasteiger partial charge in [0.15, 0.2) is 5.76 Å². The van der Waals surface area contributed by atoms with E-state index < -0.39 is 11.7 Å². The third kappa shape index (κ3) is 5.56. The van der Waals surface area contributed by atoms with Gasteiger partial charge in [-0.1, -0.05) is 6.07 Å². The third-order valence-electron chi connectivity index (χ3n) is 5.86. The fraction of sp³-hybridized carbons (Fsp3) is 0.478. The first-order valence-corrected chi connectivity index (χ1v) is 11.0. The van der Waals surface area contributed by atoms with E-state index in [1.54, 1.807) is 0 Å². The monoisotopic (exact) mass is 464 g/mol. The van der Waals surface area contributed by atoms with E-state index in [1.165, 1.54) is 12.1 Å². The normalized spacial score (nSPS) is 18.2. The summed E-state index contributed by atoms with van der Waals surface area (Å²) in [6, 6.07) is 4.89. The fourth-order valence-electron chi connectivity index (χ4n) is 4.13. The van der Waals surface area contributed by atoms with Crippen molar-refractivity contribution in [3.63, 3.8) is 0 Å². The summed E-state index contributed by atoms with van der Waals surface area (Å²) in [6.07, 6.45) is -2.33. The maximum Gasteiger partial charge on any atom is 0.416 e. The molecule has 1 aliphatic heterocycles. The minimum Gasteiger partial charge on any atom is -0.455 e. The standard InChI is InChI=1S/C23H27F3N4O3/c1-15-20-18(29-28-17-5-2-4-16(14-17)23(24,25)26)6-3-7-19(20)33-21(15)22(31)27-8-9-30-10-12-32-13-11-30/h2,4-5,14,28H,3,6-13H2,1H3,(H,27,31)/b29-18+. The lowest BCUT2D eigenvalue weighted by molar-refractivity contribution is -0.137. The Kier molecular flexibility index (Phi) is 7.04. The molecule has 10 heteroatoms. The van der Waals surface area contributed by atoms with Gasteiger partial charge in [-0.25, -0.2) is 0 Å². The Labute approximate surface area is 190 Å². The van der Waals surface area contributed by atoms with Crippen LogP contribution in [0.1, 0.15) is 45.8 Å². The van der Waals surface area contributed by atoms with Crippen LogP contribution >= 0.6 is 0 Å². The van der Waals surface area contributed by atoms with E-state index in [-0.39, 0.29) is 17.4 Å². The van der Waals surface area contributed by atoms with E-state index >= 15 is 0 Å². The molecular weight excluding hydrogens is 437 g/mol. The average Bonchev–Trinajstić information content (AvgIpc) is 3.15. The lowest BCUT2D eigenvalue weighted by Crippen LogP contribution is -2.41. The van der Waals surface area contributed by atoms with Crippen molar-refractivity contribution in [3.8, 4) is 0 Å². The Morgan fingerprint density at radius 2 is 2.00 bits per heavy atom. The van der Waals surface area contributed by atoms with Crippen LogP contribution in [0, 0.1) is 6.92 Å². The van der Waals surface area contributed by atoms with Crippen molar-refractivity contribution < 1.29 is 27.1 Å². The molecule has 1 aromatic heterocycles. The first-order chi connectivity index (χ1) is 15.8. The quantitative estimate of drug-likeness (QED) is 0.636. The van der Waals surface area contributed by atoms with Crippen LogP contribution in [0.2, 0.25) is 0 Å². The Morgan fingerprint density at radius 1 is 1.21 bits per heavy atom. The van der Waals surface area contributed by atoms with E-state index in [0.29, 0.717) is 49.6 Å². The molecule has 178 valence electrons. The van der Waals surface area contributed by atoms with Gasteiger partial charge in [-0.2, -0.15) is 18.3 Å². The van der Waals surface area contributed by atoms with Crippen LogP contribution in [-0.2, 0) is 17.3 Å². The summed E-state index contributed by atoms with van der Waals surface area (Å²) in [6.45, 7) is 6.16. The molecule has 0 spiro atoms. The molecule has 1 aliphatic carbocycles. The number of morpholine rings is 1. The molecule has 2 aromatic rings. The van der Waals surface area contributed by atoms with Gasteiger partial charge in [-0.3, -0.25) is 15.1 Å². The molecule has 0 atom stereocenters. The van der Waals surface area contributed by atoms with Gasteiger partial charge >= 0.3 is 6.18 Å². The number of nitrogens with zero attached hydrogens (tertiary/aromatic N) is 2. The highest BCUT2D eigenvalue weighted by Crippen LogP contribution is 2.32. The Morgan fingerprint density at radius 3 is 2.76 bits per heavy atom. The number of hydrogen-bond acceptors (Lipinski definition) is 6. The molecule has 2 aliphatic rings. The number of carbonyl (C=O) groups excluding carboxylic acids is 1. The van der Waals surface area contributed by atoms with E-state index in [9.17, 15) is 18.0 Å². The maximum absolute atomic E-state index is 13.0. The number of hydrogen-bond donors (Lipinski definition) is 2. The first kappa shape index (κ1) is 23.3. The molecule has 33 heavy (non-hydrogen) atoms. The molecule has 1 aromatic carbocycles. The van der Waals surface area contributed by atoms with Gasteiger partial charge in [-0.15, -0.1) is 0 Å². The van der Waals surface area contributed by atoms with Crippen molar-refractivity contribution in [3.05, 3.63) is 52.5 Å². The van der Waals surface area contributed by atoms with Gasteiger partial charge in [0.05, 0.1) is 30.2 Å². The molecule has 1 amide bonds. The lowest BCUT2D eigenvalue weighted by atomic mass is 9.93. The number of nitrogens with one attached hydrogen (secondary N) is 2. The van der Waals surface area contributed by atoms with Gasteiger partial charge < -0.3 is 14.5 Å². The fourth-order valence-corrected chi connectivity index (χ4v) is 4.13. The summed E-state index contributed by atoms with van der Waals surface area (Å²) < 4.78 is 50.1. The third-order valence-corrected chi connectivity index (χ3v) is 5.86. The van der Waals surface area contributed by atoms with Crippen molar-refractivity contribution >= 4 is 17.3 Å². The highest BCUT2D eigenvalue weighted by atomic mass is 19.4. The van der Waals surface area contributed by atoms with Crippen LogP contribution in [0.4, 0.5) is 18.9 Å². The Hall–Kier alpha value is -2.85. The number of ether oxygens (including phenoxy) is 1. The van der Waals surface area contributed by atoms with E-state index in [2.05, 4.69) is 20.7 Å². The first-order valence-electron chi connectivity index (χ1n) is 11.0. The van der Waals surface area contributed by atoms with Crippen LogP contribution in [-0.4, -0.2) is 55.9 Å². The van der Waals surface area contributed by atoms with Crippen LogP contribution in [0.3, 0.4) is 0 Å². The molecule has 7 nitrogen and oxygen atoms in total. The van der Waals surface area contributed by atoms with Gasteiger partial charge in [0, 0.05) is 43.7 Å². The number of amides is 1. The summed E-state index contributed by atoms with van der Waals surface area (Å²) in [5.74, 6) is 0.665. The summed E-state index contributed by atoms with van der Waals surface area (Å²) in [5, 5.41) is 7.28. The number of anilines is 1. The summed E-state index contributed by atoms with van der Waals surface area (Å²) in [5.41, 5.74) is 4.36. The van der Waals surface area contributed by atoms with Crippen molar-refractivity contribution in [1.82, 2.24) is 10.2 Å². The second-order valence-electron chi connectivity index (χ2n) is 8.17. The molecule has 1 saturated heterocycles. The van der Waals surface area contributed by atoms with Crippen molar-refractivity contribution in [2.24, 2.45) is 5.10 Å². The van der Waals surface area contributed by atoms with E-state index in [0.717, 1.165) is 43.8 Å². The summed E-state index contributed by atoms with van der Waals surface area (Å²) in [4.78, 5) is 15.0. The number of hydrazone groups is 1. The molecule has 0 unspecified atom stereocenters. The number of carbonyl (C=O) groups is 1. The van der Waals surface area contributed by atoms with Crippen LogP contribution in [0.5, 0.6) is 0 Å². The lowest BCUT2D eigenvalue weighted by Gasteiger charge is -2.26. The van der Waals surface area contributed by atoms with Gasteiger partial charge in [0.25, 0.3) is 5.91 Å². The number of fused-ring (bicyclic) bond motifs is 1. The zero-order valence-electron chi connectivity index (χ0n) is 18.4. The molecule has 2 heterocycles. The highest BCUT2D eigenvalue weighted by molar-refractivity contribution is 6.06. The van der Waals surface area contributed by atoms with E-state index in [1.807, 2.05) is 6.92 Å². The predicted octanol–water partition coefficient (Wildman–Crippen LogP) is 3.82. The Balaban J connectivity index is 1.45. The molecule has 1 fully saturated rings. The molecule has 0 saturated carbocycles. The zero-order chi connectivity index (χ0) is 23.4. The van der Waals surface area contributed by atoms with Gasteiger partial charge in [0.1, 0.15) is 5.76 Å². The van der Waals surface area contributed by atoms with Crippen LogP contribution in [0.25, 0.3) is 0 Å². The largest absolute Gasteiger partial charge is 0.455 e. The number of furan rings is 1. The number of alkyl halides is 3. The topological polar surface area (TPSA) is 79.1 Å². The van der Waals surface area contributed by atoms with Gasteiger partial charge in [0.2, 0.25) is 0 Å². The second kappa shape index (κ2) is 9.96. The van der Waals surface area contributed by atoms with Crippen LogP contribution in [0.15, 0.2) is 33.8 Å². The maximum atomic E-state index is 13.0. The second-order valence-corrected chi connectivity index (χ2v) is 8.17. The SMILES string of the molecule is Cc1c(C(=O)NCCN2CCOCC2)oc2c1/C(=N/Nc1cccc(C(F)(F)F)c1)CCC2.